The fourth-order valence-corrected chi connectivity index (χ4v) is 3.86. The zero-order valence-corrected chi connectivity index (χ0v) is 17.8. The number of guanidine groups is 1. The van der Waals surface area contributed by atoms with Crippen molar-refractivity contribution in [3.8, 4) is 0 Å². The number of morpholine rings is 1. The summed E-state index contributed by atoms with van der Waals surface area (Å²) in [6.07, 6.45) is 1.53. The van der Waals surface area contributed by atoms with Crippen LogP contribution in [-0.4, -0.2) is 73.6 Å². The Morgan fingerprint density at radius 3 is 2.76 bits per heavy atom. The summed E-state index contributed by atoms with van der Waals surface area (Å²) in [5.41, 5.74) is 2.53. The summed E-state index contributed by atoms with van der Waals surface area (Å²) in [6.45, 7) is 11.6. The maximum atomic E-state index is 11.9. The van der Waals surface area contributed by atoms with E-state index in [1.807, 2.05) is 11.8 Å². The normalized spacial score (nSPS) is 20.7. The summed E-state index contributed by atoms with van der Waals surface area (Å²) >= 11 is 0. The SMILES string of the molecule is CCNC(=NCc1cccc(CN2CCOCC2)c1)NC1CCN(C(=O)CC)C1. The second-order valence-corrected chi connectivity index (χ2v) is 7.73. The van der Waals surface area contributed by atoms with E-state index in [4.69, 9.17) is 9.73 Å². The molecule has 2 N–H and O–H groups in total. The highest BCUT2D eigenvalue weighted by molar-refractivity contribution is 5.80. The Balaban J connectivity index is 1.55. The zero-order valence-electron chi connectivity index (χ0n) is 17.8. The van der Waals surface area contributed by atoms with Gasteiger partial charge in [-0.2, -0.15) is 0 Å². The van der Waals surface area contributed by atoms with Crippen molar-refractivity contribution in [3.63, 3.8) is 0 Å². The minimum Gasteiger partial charge on any atom is -0.379 e. The standard InChI is InChI=1S/C22H35N5O2/c1-3-21(28)27-9-8-20(17-27)25-22(23-4-2)24-15-18-6-5-7-19(14-18)16-26-10-12-29-13-11-26/h5-7,14,20H,3-4,8-13,15-17H2,1-2H3,(H2,23,24,25). The quantitative estimate of drug-likeness (QED) is 0.536. The number of rotatable bonds is 7. The summed E-state index contributed by atoms with van der Waals surface area (Å²) in [5.74, 6) is 1.05. The van der Waals surface area contributed by atoms with Crippen molar-refractivity contribution in [3.05, 3.63) is 35.4 Å². The number of nitrogens with zero attached hydrogens (tertiary/aromatic N) is 3. The Kier molecular flexibility index (Phi) is 8.31. The first kappa shape index (κ1) is 21.6. The van der Waals surface area contributed by atoms with Gasteiger partial charge in [-0.1, -0.05) is 31.2 Å². The molecule has 7 heteroatoms. The van der Waals surface area contributed by atoms with Crippen molar-refractivity contribution in [2.24, 2.45) is 4.99 Å². The lowest BCUT2D eigenvalue weighted by molar-refractivity contribution is -0.129. The number of hydrogen-bond acceptors (Lipinski definition) is 4. The van der Waals surface area contributed by atoms with Crippen LogP contribution < -0.4 is 10.6 Å². The molecule has 1 aromatic carbocycles. The van der Waals surface area contributed by atoms with Crippen molar-refractivity contribution < 1.29 is 9.53 Å². The summed E-state index contributed by atoms with van der Waals surface area (Å²) in [6, 6.07) is 8.94. The fourth-order valence-electron chi connectivity index (χ4n) is 3.86. The van der Waals surface area contributed by atoms with Crippen LogP contribution >= 0.6 is 0 Å². The molecule has 2 saturated heterocycles. The average molecular weight is 402 g/mol. The summed E-state index contributed by atoms with van der Waals surface area (Å²) < 4.78 is 5.43. The highest BCUT2D eigenvalue weighted by atomic mass is 16.5. The highest BCUT2D eigenvalue weighted by Gasteiger charge is 2.25. The molecule has 0 spiro atoms. The third-order valence-electron chi connectivity index (χ3n) is 5.45. The van der Waals surface area contributed by atoms with Gasteiger partial charge in [-0.3, -0.25) is 9.69 Å². The highest BCUT2D eigenvalue weighted by Crippen LogP contribution is 2.12. The van der Waals surface area contributed by atoms with Crippen LogP contribution in [0.15, 0.2) is 29.3 Å². The van der Waals surface area contributed by atoms with E-state index >= 15 is 0 Å². The number of amides is 1. The van der Waals surface area contributed by atoms with Crippen LogP contribution in [0, 0.1) is 0 Å². The average Bonchev–Trinajstić information content (AvgIpc) is 3.21. The van der Waals surface area contributed by atoms with Crippen LogP contribution in [0.1, 0.15) is 37.8 Å². The molecule has 7 nitrogen and oxygen atoms in total. The van der Waals surface area contributed by atoms with Gasteiger partial charge in [-0.05, 0) is 24.5 Å². The molecule has 1 atom stereocenters. The second-order valence-electron chi connectivity index (χ2n) is 7.73. The summed E-state index contributed by atoms with van der Waals surface area (Å²) in [7, 11) is 0. The molecule has 0 saturated carbocycles. The Morgan fingerprint density at radius 1 is 1.21 bits per heavy atom. The van der Waals surface area contributed by atoms with Crippen molar-refractivity contribution in [2.75, 3.05) is 45.9 Å². The van der Waals surface area contributed by atoms with Gasteiger partial charge in [0, 0.05) is 51.7 Å². The van der Waals surface area contributed by atoms with Crippen LogP contribution in [-0.2, 0) is 22.6 Å². The molecule has 2 fully saturated rings. The first-order chi connectivity index (χ1) is 14.2. The largest absolute Gasteiger partial charge is 0.379 e. The van der Waals surface area contributed by atoms with Gasteiger partial charge in [0.1, 0.15) is 0 Å². The predicted octanol–water partition coefficient (Wildman–Crippen LogP) is 1.58. The molecule has 1 aromatic rings. The minimum atomic E-state index is 0.230. The topological polar surface area (TPSA) is 69.2 Å². The third kappa shape index (κ3) is 6.72. The molecule has 1 unspecified atom stereocenters. The van der Waals surface area contributed by atoms with E-state index in [0.29, 0.717) is 13.0 Å². The molecular formula is C22H35N5O2. The van der Waals surface area contributed by atoms with Crippen LogP contribution in [0.5, 0.6) is 0 Å². The number of ether oxygens (including phenoxy) is 1. The van der Waals surface area contributed by atoms with E-state index in [1.165, 1.54) is 11.1 Å². The van der Waals surface area contributed by atoms with Gasteiger partial charge in [-0.15, -0.1) is 0 Å². The number of hydrogen-bond donors (Lipinski definition) is 2. The minimum absolute atomic E-state index is 0.230. The van der Waals surface area contributed by atoms with Crippen molar-refractivity contribution in [1.82, 2.24) is 20.4 Å². The molecule has 0 aliphatic carbocycles. The number of carbonyl (C=O) groups excluding carboxylic acids is 1. The summed E-state index contributed by atoms with van der Waals surface area (Å²) in [5, 5.41) is 6.83. The first-order valence-electron chi connectivity index (χ1n) is 10.9. The zero-order chi connectivity index (χ0) is 20.5. The van der Waals surface area contributed by atoms with Gasteiger partial charge in [0.15, 0.2) is 5.96 Å². The monoisotopic (exact) mass is 401 g/mol. The third-order valence-corrected chi connectivity index (χ3v) is 5.45. The second kappa shape index (κ2) is 11.2. The number of carbonyl (C=O) groups is 1. The Bertz CT molecular complexity index is 688. The molecule has 2 heterocycles. The molecule has 0 bridgehead atoms. The number of nitrogens with one attached hydrogen (secondary N) is 2. The van der Waals surface area contributed by atoms with Gasteiger partial charge in [0.05, 0.1) is 19.8 Å². The van der Waals surface area contributed by atoms with Crippen molar-refractivity contribution in [2.45, 2.75) is 45.8 Å². The van der Waals surface area contributed by atoms with E-state index in [1.54, 1.807) is 0 Å². The van der Waals surface area contributed by atoms with Gasteiger partial charge in [0.2, 0.25) is 5.91 Å². The van der Waals surface area contributed by atoms with Crippen LogP contribution in [0.25, 0.3) is 0 Å². The van der Waals surface area contributed by atoms with E-state index < -0.39 is 0 Å². The van der Waals surface area contributed by atoms with E-state index in [9.17, 15) is 4.79 Å². The Morgan fingerprint density at radius 2 is 2.00 bits per heavy atom. The van der Waals surface area contributed by atoms with E-state index in [-0.39, 0.29) is 11.9 Å². The fraction of sp³-hybridized carbons (Fsp3) is 0.636. The van der Waals surface area contributed by atoms with E-state index in [2.05, 4.69) is 46.7 Å². The van der Waals surface area contributed by atoms with Gasteiger partial charge in [0.25, 0.3) is 0 Å². The Labute approximate surface area is 174 Å². The lowest BCUT2D eigenvalue weighted by Crippen LogP contribution is -2.45. The van der Waals surface area contributed by atoms with Crippen molar-refractivity contribution >= 4 is 11.9 Å². The van der Waals surface area contributed by atoms with Crippen LogP contribution in [0.3, 0.4) is 0 Å². The molecule has 2 aliphatic heterocycles. The maximum Gasteiger partial charge on any atom is 0.222 e. The lowest BCUT2D eigenvalue weighted by Gasteiger charge is -2.26. The van der Waals surface area contributed by atoms with Crippen molar-refractivity contribution in [1.29, 1.82) is 0 Å². The molecule has 2 aliphatic rings. The maximum absolute atomic E-state index is 11.9. The van der Waals surface area contributed by atoms with Gasteiger partial charge < -0.3 is 20.3 Å². The number of aliphatic imine (C=N–C) groups is 1. The Hall–Kier alpha value is -2.12. The van der Waals surface area contributed by atoms with Gasteiger partial charge in [-0.25, -0.2) is 4.99 Å². The number of likely N-dealkylation sites (tertiary alicyclic amines) is 1. The van der Waals surface area contributed by atoms with Gasteiger partial charge >= 0.3 is 0 Å². The van der Waals surface area contributed by atoms with E-state index in [0.717, 1.165) is 64.9 Å². The first-order valence-corrected chi connectivity index (χ1v) is 10.9. The van der Waals surface area contributed by atoms with Crippen LogP contribution in [0.2, 0.25) is 0 Å². The molecule has 0 aromatic heterocycles. The molecule has 0 radical (unpaired) electrons. The molecule has 29 heavy (non-hydrogen) atoms. The molecule has 1 amide bonds. The molecule has 3 rings (SSSR count). The lowest BCUT2D eigenvalue weighted by atomic mass is 10.1. The molecular weight excluding hydrogens is 366 g/mol. The smallest absolute Gasteiger partial charge is 0.222 e. The summed E-state index contributed by atoms with van der Waals surface area (Å²) in [4.78, 5) is 21.1. The predicted molar refractivity (Wildman–Crippen MR) is 116 cm³/mol. The number of benzene rings is 1. The molecule has 160 valence electrons. The van der Waals surface area contributed by atoms with Crippen LogP contribution in [0.4, 0.5) is 0 Å².